The molecular weight excluding hydrogens is 427 g/mol. The Morgan fingerprint density at radius 3 is 2.76 bits per heavy atom. The molecule has 1 aliphatic rings. The van der Waals surface area contributed by atoms with Gasteiger partial charge in [0.15, 0.2) is 23.8 Å². The Labute approximate surface area is 188 Å². The molecule has 0 saturated carbocycles. The van der Waals surface area contributed by atoms with Crippen LogP contribution < -0.4 is 10.2 Å². The second-order valence-corrected chi connectivity index (χ2v) is 7.77. The van der Waals surface area contributed by atoms with Crippen molar-refractivity contribution in [2.75, 3.05) is 13.2 Å². The minimum absolute atomic E-state index is 0.0416. The molecule has 10 heteroatoms. The molecule has 168 valence electrons. The van der Waals surface area contributed by atoms with Crippen LogP contribution in [0.25, 0.3) is 17.1 Å². The van der Waals surface area contributed by atoms with Crippen molar-refractivity contribution in [1.29, 1.82) is 0 Å². The Balaban J connectivity index is 1.34. The summed E-state index contributed by atoms with van der Waals surface area (Å²) in [5, 5.41) is 8.62. The van der Waals surface area contributed by atoms with Gasteiger partial charge in [-0.25, -0.2) is 19.0 Å². The summed E-state index contributed by atoms with van der Waals surface area (Å²) in [5.41, 5.74) is 2.73. The topological polar surface area (TPSA) is 97.0 Å². The van der Waals surface area contributed by atoms with E-state index in [2.05, 4.69) is 20.2 Å². The van der Waals surface area contributed by atoms with E-state index in [1.807, 2.05) is 37.5 Å². The minimum Gasteiger partial charge on any atom is -0.482 e. The average molecular weight is 448 g/mol. The maximum absolute atomic E-state index is 13.7. The predicted octanol–water partition coefficient (Wildman–Crippen LogP) is 2.13. The van der Waals surface area contributed by atoms with Crippen molar-refractivity contribution < 1.29 is 13.9 Å². The molecule has 3 aromatic heterocycles. The van der Waals surface area contributed by atoms with Gasteiger partial charge in [-0.15, -0.1) is 0 Å². The van der Waals surface area contributed by atoms with Crippen LogP contribution in [-0.4, -0.2) is 55.0 Å². The maximum atomic E-state index is 13.7. The molecule has 1 fully saturated rings. The van der Waals surface area contributed by atoms with E-state index in [1.165, 1.54) is 18.5 Å². The number of hydrogen-bond donors (Lipinski definition) is 0. The van der Waals surface area contributed by atoms with Gasteiger partial charge in [0.2, 0.25) is 5.43 Å². The first-order valence-electron chi connectivity index (χ1n) is 10.4. The number of hydrogen-bond acceptors (Lipinski definition) is 7. The molecule has 4 aromatic rings. The molecule has 0 aliphatic carbocycles. The molecular formula is C23H21FN6O3. The summed E-state index contributed by atoms with van der Waals surface area (Å²) in [4.78, 5) is 21.1. The van der Waals surface area contributed by atoms with E-state index in [1.54, 1.807) is 21.8 Å². The first-order chi connectivity index (χ1) is 16.0. The third kappa shape index (κ3) is 4.65. The molecule has 9 nitrogen and oxygen atoms in total. The van der Waals surface area contributed by atoms with Crippen molar-refractivity contribution in [3.8, 4) is 22.8 Å². The fraction of sp³-hybridized carbons (Fsp3) is 0.261. The molecule has 0 radical (unpaired) electrons. The number of nitrogens with zero attached hydrogens (tertiary/aromatic N) is 6. The molecule has 33 heavy (non-hydrogen) atoms. The normalized spacial score (nSPS) is 17.9. The summed E-state index contributed by atoms with van der Waals surface area (Å²) in [5.74, 6) is 0.884. The van der Waals surface area contributed by atoms with Crippen molar-refractivity contribution >= 4 is 0 Å². The van der Waals surface area contributed by atoms with E-state index in [4.69, 9.17) is 9.47 Å². The van der Waals surface area contributed by atoms with Crippen molar-refractivity contribution in [1.82, 2.24) is 29.5 Å². The van der Waals surface area contributed by atoms with Gasteiger partial charge in [-0.2, -0.15) is 10.2 Å². The van der Waals surface area contributed by atoms with Crippen molar-refractivity contribution in [2.24, 2.45) is 7.05 Å². The third-order valence-corrected chi connectivity index (χ3v) is 5.27. The number of halogens is 1. The van der Waals surface area contributed by atoms with E-state index in [9.17, 15) is 9.18 Å². The molecule has 0 bridgehead atoms. The number of aryl methyl sites for hydroxylation is 1. The van der Waals surface area contributed by atoms with E-state index in [0.29, 0.717) is 23.7 Å². The zero-order valence-electron chi connectivity index (χ0n) is 17.8. The largest absolute Gasteiger partial charge is 0.482 e. The predicted molar refractivity (Wildman–Crippen MR) is 117 cm³/mol. The number of aromatic nitrogens is 6. The van der Waals surface area contributed by atoms with Gasteiger partial charge in [0, 0.05) is 31.3 Å². The number of ether oxygens (including phenoxy) is 2. The lowest BCUT2D eigenvalue weighted by atomic mass is 10.1. The lowest BCUT2D eigenvalue weighted by molar-refractivity contribution is 0.128. The number of rotatable bonds is 6. The van der Waals surface area contributed by atoms with Crippen LogP contribution in [0, 0.1) is 0 Å². The summed E-state index contributed by atoms with van der Waals surface area (Å²) in [6.45, 7) is 0.251. The zero-order valence-corrected chi connectivity index (χ0v) is 17.8. The summed E-state index contributed by atoms with van der Waals surface area (Å²) in [7, 11) is 1.82. The van der Waals surface area contributed by atoms with Gasteiger partial charge in [0.25, 0.3) is 0 Å². The summed E-state index contributed by atoms with van der Waals surface area (Å²) in [6, 6.07) is 9.10. The van der Waals surface area contributed by atoms with Crippen LogP contribution in [-0.2, 0) is 18.2 Å². The van der Waals surface area contributed by atoms with Gasteiger partial charge >= 0.3 is 0 Å². The SMILES string of the molecule is Cn1cc(-n2ccc(=O)c(Cc3cccc(-c4ncc(O[C@H]5COC[C@H]5F)cn4)c3)n2)cn1. The molecule has 1 aliphatic heterocycles. The summed E-state index contributed by atoms with van der Waals surface area (Å²) in [6.07, 6.45) is 6.72. The Hall–Kier alpha value is -3.92. The van der Waals surface area contributed by atoms with Crippen molar-refractivity contribution in [2.45, 2.75) is 18.7 Å². The summed E-state index contributed by atoms with van der Waals surface area (Å²) >= 11 is 0. The van der Waals surface area contributed by atoms with Crippen LogP contribution >= 0.6 is 0 Å². The Morgan fingerprint density at radius 2 is 2.03 bits per heavy atom. The molecule has 4 heterocycles. The van der Waals surface area contributed by atoms with Gasteiger partial charge in [-0.05, 0) is 11.6 Å². The fourth-order valence-corrected chi connectivity index (χ4v) is 3.57. The standard InChI is InChI=1S/C23H21FN6O3/c1-29-12-17(9-27-29)30-6-5-21(31)20(28-30)8-15-3-2-4-16(7-15)23-25-10-18(11-26-23)33-22-14-32-13-19(22)24/h2-7,9-12,19,22H,8,13-14H2,1H3/t19-,22+/m1/s1. The molecule has 0 spiro atoms. The highest BCUT2D eigenvalue weighted by Gasteiger charge is 2.30. The minimum atomic E-state index is -1.16. The van der Waals surface area contributed by atoms with Crippen LogP contribution in [0.4, 0.5) is 4.39 Å². The Bertz CT molecular complexity index is 1320. The smallest absolute Gasteiger partial charge is 0.203 e. The van der Waals surface area contributed by atoms with Crippen LogP contribution in [0.3, 0.4) is 0 Å². The highest BCUT2D eigenvalue weighted by atomic mass is 19.1. The first kappa shape index (κ1) is 21.0. The molecule has 2 atom stereocenters. The van der Waals surface area contributed by atoms with Gasteiger partial charge in [0.05, 0.1) is 38.0 Å². The van der Waals surface area contributed by atoms with Crippen molar-refractivity contribution in [3.63, 3.8) is 0 Å². The zero-order chi connectivity index (χ0) is 22.8. The van der Waals surface area contributed by atoms with Crippen LogP contribution in [0.15, 0.2) is 66.1 Å². The van der Waals surface area contributed by atoms with E-state index in [0.717, 1.165) is 16.8 Å². The first-order valence-corrected chi connectivity index (χ1v) is 10.4. The molecule has 0 unspecified atom stereocenters. The maximum Gasteiger partial charge on any atom is 0.203 e. The van der Waals surface area contributed by atoms with Crippen molar-refractivity contribution in [3.05, 3.63) is 82.8 Å². The van der Waals surface area contributed by atoms with Crippen LogP contribution in [0.2, 0.25) is 0 Å². The van der Waals surface area contributed by atoms with Gasteiger partial charge in [-0.3, -0.25) is 9.48 Å². The van der Waals surface area contributed by atoms with Crippen LogP contribution in [0.1, 0.15) is 11.3 Å². The third-order valence-electron chi connectivity index (χ3n) is 5.27. The summed E-state index contributed by atoms with van der Waals surface area (Å²) < 4.78 is 27.6. The second kappa shape index (κ2) is 8.91. The molecule has 1 aromatic carbocycles. The number of alkyl halides is 1. The van der Waals surface area contributed by atoms with Gasteiger partial charge in [0.1, 0.15) is 11.4 Å². The van der Waals surface area contributed by atoms with E-state index >= 15 is 0 Å². The Kier molecular flexibility index (Phi) is 5.66. The average Bonchev–Trinajstić information content (AvgIpc) is 3.44. The molecule has 0 amide bonds. The monoisotopic (exact) mass is 448 g/mol. The quantitative estimate of drug-likeness (QED) is 0.446. The van der Waals surface area contributed by atoms with E-state index < -0.39 is 12.3 Å². The number of benzene rings is 1. The Morgan fingerprint density at radius 1 is 1.18 bits per heavy atom. The van der Waals surface area contributed by atoms with Gasteiger partial charge < -0.3 is 9.47 Å². The highest BCUT2D eigenvalue weighted by molar-refractivity contribution is 5.56. The fourth-order valence-electron chi connectivity index (χ4n) is 3.57. The van der Waals surface area contributed by atoms with Gasteiger partial charge in [-0.1, -0.05) is 18.2 Å². The second-order valence-electron chi connectivity index (χ2n) is 7.77. The highest BCUT2D eigenvalue weighted by Crippen LogP contribution is 2.21. The lowest BCUT2D eigenvalue weighted by Gasteiger charge is -2.13. The lowest BCUT2D eigenvalue weighted by Crippen LogP contribution is -2.26. The molecule has 5 rings (SSSR count). The van der Waals surface area contributed by atoms with Crippen LogP contribution in [0.5, 0.6) is 5.75 Å². The molecule has 1 saturated heterocycles. The molecule has 0 N–H and O–H groups in total. The van der Waals surface area contributed by atoms with E-state index in [-0.39, 0.29) is 18.6 Å².